The van der Waals surface area contributed by atoms with Gasteiger partial charge in [0.25, 0.3) is 0 Å². The highest BCUT2D eigenvalue weighted by atomic mass is 32.2. The molecule has 0 saturated carbocycles. The van der Waals surface area contributed by atoms with Crippen molar-refractivity contribution in [1.29, 1.82) is 0 Å². The summed E-state index contributed by atoms with van der Waals surface area (Å²) in [7, 11) is -1.75. The van der Waals surface area contributed by atoms with Gasteiger partial charge in [-0.25, -0.2) is 18.5 Å². The zero-order valence-corrected chi connectivity index (χ0v) is 17.3. The zero-order valence-electron chi connectivity index (χ0n) is 16.4. The lowest BCUT2D eigenvalue weighted by molar-refractivity contribution is 0.291. The number of anilines is 1. The van der Waals surface area contributed by atoms with Gasteiger partial charge >= 0.3 is 0 Å². The molecular weight excluding hydrogens is 388 g/mol. The van der Waals surface area contributed by atoms with Crippen molar-refractivity contribution in [3.05, 3.63) is 71.8 Å². The van der Waals surface area contributed by atoms with E-state index < -0.39 is 10.0 Å². The van der Waals surface area contributed by atoms with Crippen molar-refractivity contribution in [2.45, 2.75) is 37.4 Å². The first-order valence-corrected chi connectivity index (χ1v) is 11.0. The average molecular weight is 413 g/mol. The second-order valence-electron chi connectivity index (χ2n) is 7.40. The van der Waals surface area contributed by atoms with Crippen molar-refractivity contribution in [3.8, 4) is 5.75 Å². The van der Waals surface area contributed by atoms with E-state index >= 15 is 0 Å². The molecule has 0 bridgehead atoms. The van der Waals surface area contributed by atoms with Gasteiger partial charge in [-0.05, 0) is 54.8 Å². The lowest BCUT2D eigenvalue weighted by atomic mass is 10.1. The molecule has 0 fully saturated rings. The van der Waals surface area contributed by atoms with E-state index in [2.05, 4.69) is 28.9 Å². The highest BCUT2D eigenvalue weighted by Gasteiger charge is 2.27. The Morgan fingerprint density at radius 2 is 1.97 bits per heavy atom. The van der Waals surface area contributed by atoms with Gasteiger partial charge in [-0.15, -0.1) is 0 Å². The third-order valence-electron chi connectivity index (χ3n) is 5.30. The van der Waals surface area contributed by atoms with Crippen LogP contribution in [0.4, 0.5) is 5.69 Å². The monoisotopic (exact) mass is 412 g/mol. The molecule has 2 aromatic carbocycles. The van der Waals surface area contributed by atoms with Gasteiger partial charge in [0, 0.05) is 37.7 Å². The Morgan fingerprint density at radius 1 is 1.21 bits per heavy atom. The maximum atomic E-state index is 11.6. The molecule has 1 atom stereocenters. The number of nitrogens with two attached hydrogens (primary N) is 1. The molecule has 2 heterocycles. The molecule has 3 aromatic rings. The number of sulfonamides is 1. The average Bonchev–Trinajstić information content (AvgIpc) is 3.23. The Kier molecular flexibility index (Phi) is 5.06. The predicted molar refractivity (Wildman–Crippen MR) is 111 cm³/mol. The molecule has 152 valence electrons. The standard InChI is InChI=1S/C21H24N4O3S/c1-15-11-17-12-19(29(22,26)27)7-8-20(17)25(15)13-16-3-5-18(6-4-16)28-14-21-23-9-10-24(21)2/h3-10,12,15H,11,13-14H2,1-2H3,(H2,22,26,27)/t15-/m0/s1. The first-order valence-electron chi connectivity index (χ1n) is 9.41. The van der Waals surface area contributed by atoms with Gasteiger partial charge in [-0.1, -0.05) is 12.1 Å². The number of imidazole rings is 1. The van der Waals surface area contributed by atoms with Crippen LogP contribution >= 0.6 is 0 Å². The molecule has 0 radical (unpaired) electrons. The number of ether oxygens (including phenoxy) is 1. The van der Waals surface area contributed by atoms with E-state index in [4.69, 9.17) is 9.88 Å². The molecule has 2 N–H and O–H groups in total. The largest absolute Gasteiger partial charge is 0.486 e. The predicted octanol–water partition coefficient (Wildman–Crippen LogP) is 2.60. The van der Waals surface area contributed by atoms with Crippen molar-refractivity contribution in [3.63, 3.8) is 0 Å². The van der Waals surface area contributed by atoms with Crippen LogP contribution in [0.15, 0.2) is 59.8 Å². The van der Waals surface area contributed by atoms with Crippen LogP contribution in [0.5, 0.6) is 5.75 Å². The number of aromatic nitrogens is 2. The van der Waals surface area contributed by atoms with Crippen molar-refractivity contribution in [2.75, 3.05) is 4.90 Å². The molecule has 0 spiro atoms. The van der Waals surface area contributed by atoms with Gasteiger partial charge in [0.15, 0.2) is 0 Å². The minimum atomic E-state index is -3.69. The molecule has 8 heteroatoms. The van der Waals surface area contributed by atoms with Crippen molar-refractivity contribution >= 4 is 15.7 Å². The number of hydrogen-bond donors (Lipinski definition) is 1. The maximum absolute atomic E-state index is 11.6. The van der Waals surface area contributed by atoms with Gasteiger partial charge < -0.3 is 14.2 Å². The van der Waals surface area contributed by atoms with E-state index in [-0.39, 0.29) is 10.9 Å². The van der Waals surface area contributed by atoms with Gasteiger partial charge in [0.1, 0.15) is 18.2 Å². The molecule has 0 unspecified atom stereocenters. The third-order valence-corrected chi connectivity index (χ3v) is 6.21. The molecule has 1 aliphatic heterocycles. The number of hydrogen-bond acceptors (Lipinski definition) is 5. The van der Waals surface area contributed by atoms with E-state index in [1.807, 2.05) is 36.0 Å². The fourth-order valence-electron chi connectivity index (χ4n) is 3.66. The summed E-state index contributed by atoms with van der Waals surface area (Å²) in [6.07, 6.45) is 4.44. The van der Waals surface area contributed by atoms with E-state index in [1.165, 1.54) is 0 Å². The second-order valence-corrected chi connectivity index (χ2v) is 8.96. The fraction of sp³-hybridized carbons (Fsp3) is 0.286. The van der Waals surface area contributed by atoms with Crippen LogP contribution in [-0.2, 0) is 36.6 Å². The Labute approximate surface area is 170 Å². The Bertz CT molecular complexity index is 1120. The first kappa shape index (κ1) is 19.5. The fourth-order valence-corrected chi connectivity index (χ4v) is 4.22. The van der Waals surface area contributed by atoms with E-state index in [0.717, 1.165) is 41.4 Å². The van der Waals surface area contributed by atoms with Crippen LogP contribution in [-0.4, -0.2) is 24.0 Å². The van der Waals surface area contributed by atoms with Gasteiger partial charge in [-0.2, -0.15) is 0 Å². The Hall–Kier alpha value is -2.84. The van der Waals surface area contributed by atoms with Gasteiger partial charge in [0.05, 0.1) is 4.90 Å². The Morgan fingerprint density at radius 3 is 2.62 bits per heavy atom. The molecule has 1 aromatic heterocycles. The maximum Gasteiger partial charge on any atom is 0.238 e. The summed E-state index contributed by atoms with van der Waals surface area (Å²) in [4.78, 5) is 6.70. The lowest BCUT2D eigenvalue weighted by Gasteiger charge is -2.25. The second kappa shape index (κ2) is 7.53. The van der Waals surface area contributed by atoms with E-state index in [0.29, 0.717) is 6.61 Å². The van der Waals surface area contributed by atoms with Gasteiger partial charge in [-0.3, -0.25) is 0 Å². The summed E-state index contributed by atoms with van der Waals surface area (Å²) in [5.41, 5.74) is 3.23. The molecule has 4 rings (SSSR count). The highest BCUT2D eigenvalue weighted by Crippen LogP contribution is 2.35. The summed E-state index contributed by atoms with van der Waals surface area (Å²) in [6.45, 7) is 3.30. The summed E-state index contributed by atoms with van der Waals surface area (Å²) in [5, 5.41) is 5.26. The van der Waals surface area contributed by atoms with Crippen molar-refractivity contribution in [1.82, 2.24) is 9.55 Å². The van der Waals surface area contributed by atoms with Crippen LogP contribution in [0.2, 0.25) is 0 Å². The molecule has 7 nitrogen and oxygen atoms in total. The minimum absolute atomic E-state index is 0.166. The number of rotatable bonds is 6. The van der Waals surface area contributed by atoms with Crippen LogP contribution in [0.3, 0.4) is 0 Å². The number of aryl methyl sites for hydroxylation is 1. The number of primary sulfonamides is 1. The van der Waals surface area contributed by atoms with E-state index in [1.54, 1.807) is 18.3 Å². The summed E-state index contributed by atoms with van der Waals surface area (Å²) >= 11 is 0. The van der Waals surface area contributed by atoms with E-state index in [9.17, 15) is 8.42 Å². The van der Waals surface area contributed by atoms with Crippen molar-refractivity contribution < 1.29 is 13.2 Å². The molecule has 0 saturated heterocycles. The van der Waals surface area contributed by atoms with Crippen LogP contribution < -0.4 is 14.8 Å². The smallest absolute Gasteiger partial charge is 0.238 e. The summed E-state index contributed by atoms with van der Waals surface area (Å²) in [6, 6.07) is 13.4. The van der Waals surface area contributed by atoms with Gasteiger partial charge in [0.2, 0.25) is 10.0 Å². The summed E-state index contributed by atoms with van der Waals surface area (Å²) < 4.78 is 31.0. The number of nitrogens with zero attached hydrogens (tertiary/aromatic N) is 3. The molecular formula is C21H24N4O3S. The third kappa shape index (κ3) is 4.13. The normalized spacial score (nSPS) is 16.1. The summed E-state index contributed by atoms with van der Waals surface area (Å²) in [5.74, 6) is 1.67. The topological polar surface area (TPSA) is 90.5 Å². The Balaban J connectivity index is 1.45. The lowest BCUT2D eigenvalue weighted by Crippen LogP contribution is -2.28. The molecule has 29 heavy (non-hydrogen) atoms. The first-order chi connectivity index (χ1) is 13.8. The molecule has 0 aliphatic carbocycles. The van der Waals surface area contributed by atoms with Crippen LogP contribution in [0, 0.1) is 0 Å². The van der Waals surface area contributed by atoms with Crippen molar-refractivity contribution in [2.24, 2.45) is 12.2 Å². The van der Waals surface area contributed by atoms with Crippen LogP contribution in [0.1, 0.15) is 23.9 Å². The number of benzene rings is 2. The quantitative estimate of drug-likeness (QED) is 0.672. The van der Waals surface area contributed by atoms with Crippen LogP contribution in [0.25, 0.3) is 0 Å². The zero-order chi connectivity index (χ0) is 20.6. The number of fused-ring (bicyclic) bond motifs is 1. The highest BCUT2D eigenvalue weighted by molar-refractivity contribution is 7.89. The minimum Gasteiger partial charge on any atom is -0.486 e. The molecule has 0 amide bonds. The SMILES string of the molecule is C[C@H]1Cc2cc(S(N)(=O)=O)ccc2N1Cc1ccc(OCc2nccn2C)cc1. The molecule has 1 aliphatic rings.